The van der Waals surface area contributed by atoms with Crippen molar-refractivity contribution in [3.8, 4) is 0 Å². The zero-order valence-corrected chi connectivity index (χ0v) is 13.1. The van der Waals surface area contributed by atoms with E-state index >= 15 is 0 Å². The molecule has 1 atom stereocenters. The van der Waals surface area contributed by atoms with Gasteiger partial charge in [-0.15, -0.1) is 11.8 Å². The first-order chi connectivity index (χ1) is 9.97. The number of thioether (sulfide) groups is 1. The third kappa shape index (κ3) is 3.10. The summed E-state index contributed by atoms with van der Waals surface area (Å²) in [4.78, 5) is 38.5. The van der Waals surface area contributed by atoms with E-state index in [1.54, 1.807) is 11.8 Å². The fourth-order valence-electron chi connectivity index (χ4n) is 2.40. The minimum Gasteiger partial charge on any atom is -0.317 e. The van der Waals surface area contributed by atoms with Gasteiger partial charge in [0.1, 0.15) is 12.6 Å². The smallest absolute Gasteiger partial charge is 0.255 e. The maximum Gasteiger partial charge on any atom is 0.255 e. The number of benzene rings is 1. The number of nitrogens with zero attached hydrogens (tertiary/aromatic N) is 1. The number of carbonyl (C=O) groups is 3. The van der Waals surface area contributed by atoms with E-state index in [1.807, 2.05) is 38.3 Å². The minimum atomic E-state index is -0.590. The number of aryl methyl sites for hydroxylation is 1. The number of hydrogen-bond acceptors (Lipinski definition) is 4. The van der Waals surface area contributed by atoms with Crippen LogP contribution in [0.2, 0.25) is 0 Å². The van der Waals surface area contributed by atoms with Gasteiger partial charge in [-0.3, -0.25) is 19.7 Å². The normalized spacial score (nSPS) is 18.6. The highest BCUT2D eigenvalue weighted by Crippen LogP contribution is 2.22. The highest BCUT2D eigenvalue weighted by molar-refractivity contribution is 7.98. The first-order valence-electron chi connectivity index (χ1n) is 6.77. The molecule has 2 rings (SSSR count). The summed E-state index contributed by atoms with van der Waals surface area (Å²) in [5.74, 6) is -1.10. The van der Waals surface area contributed by atoms with Crippen LogP contribution in [0.3, 0.4) is 0 Å². The Morgan fingerprint density at radius 1 is 1.43 bits per heavy atom. The third-order valence-corrected chi connectivity index (χ3v) is 4.30. The Morgan fingerprint density at radius 3 is 2.76 bits per heavy atom. The van der Waals surface area contributed by atoms with E-state index in [0.29, 0.717) is 12.0 Å². The molecule has 0 aliphatic carbocycles. The van der Waals surface area contributed by atoms with Crippen molar-refractivity contribution in [2.24, 2.45) is 0 Å². The van der Waals surface area contributed by atoms with Crippen LogP contribution in [0, 0.1) is 6.92 Å². The molecule has 1 N–H and O–H groups in total. The standard InChI is InChI=1S/C15H18N2O3S/c1-4-12-14(19)16-13(18)8-17(12)15(20)11-7-10(21-3)6-5-9(11)2/h5-7,12H,4,8H2,1-3H3,(H,16,18,19). The van der Waals surface area contributed by atoms with E-state index in [9.17, 15) is 14.4 Å². The Balaban J connectivity index is 2.37. The second kappa shape index (κ2) is 6.30. The average Bonchev–Trinajstić information content (AvgIpc) is 2.46. The summed E-state index contributed by atoms with van der Waals surface area (Å²) in [6, 6.07) is 5.05. The number of nitrogens with one attached hydrogen (secondary N) is 1. The van der Waals surface area contributed by atoms with Gasteiger partial charge in [-0.05, 0) is 37.3 Å². The molecular weight excluding hydrogens is 288 g/mol. The molecule has 3 amide bonds. The zero-order valence-electron chi connectivity index (χ0n) is 12.3. The van der Waals surface area contributed by atoms with Crippen LogP contribution in [-0.4, -0.2) is 41.5 Å². The highest BCUT2D eigenvalue weighted by Gasteiger charge is 2.36. The molecule has 1 aromatic rings. The second-order valence-electron chi connectivity index (χ2n) is 4.95. The monoisotopic (exact) mass is 306 g/mol. The lowest BCUT2D eigenvalue weighted by molar-refractivity contribution is -0.138. The molecule has 0 aromatic heterocycles. The SMILES string of the molecule is CCC1C(=O)NC(=O)CN1C(=O)c1cc(SC)ccc1C. The van der Waals surface area contributed by atoms with E-state index in [-0.39, 0.29) is 12.5 Å². The molecule has 1 aromatic carbocycles. The first kappa shape index (κ1) is 15.6. The molecule has 112 valence electrons. The first-order valence-corrected chi connectivity index (χ1v) is 7.99. The molecule has 1 unspecified atom stereocenters. The Hall–Kier alpha value is -1.82. The number of amides is 3. The van der Waals surface area contributed by atoms with Crippen molar-refractivity contribution in [1.82, 2.24) is 10.2 Å². The van der Waals surface area contributed by atoms with Crippen LogP contribution < -0.4 is 5.32 Å². The Bertz CT molecular complexity index is 601. The molecule has 0 radical (unpaired) electrons. The molecule has 1 heterocycles. The Morgan fingerprint density at radius 2 is 2.14 bits per heavy atom. The highest BCUT2D eigenvalue weighted by atomic mass is 32.2. The molecular formula is C15H18N2O3S. The van der Waals surface area contributed by atoms with Gasteiger partial charge in [0.05, 0.1) is 0 Å². The fraction of sp³-hybridized carbons (Fsp3) is 0.400. The lowest BCUT2D eigenvalue weighted by atomic mass is 10.0. The van der Waals surface area contributed by atoms with Crippen LogP contribution in [0.5, 0.6) is 0 Å². The van der Waals surface area contributed by atoms with E-state index in [0.717, 1.165) is 10.5 Å². The van der Waals surface area contributed by atoms with Gasteiger partial charge >= 0.3 is 0 Å². The molecule has 0 spiro atoms. The fourth-order valence-corrected chi connectivity index (χ4v) is 2.84. The van der Waals surface area contributed by atoms with Gasteiger partial charge in [-0.25, -0.2) is 0 Å². The topological polar surface area (TPSA) is 66.5 Å². The maximum atomic E-state index is 12.7. The summed E-state index contributed by atoms with van der Waals surface area (Å²) in [5, 5.41) is 2.28. The zero-order chi connectivity index (χ0) is 15.6. The number of imide groups is 1. The number of piperazine rings is 1. The molecule has 21 heavy (non-hydrogen) atoms. The number of hydrogen-bond donors (Lipinski definition) is 1. The molecule has 5 nitrogen and oxygen atoms in total. The predicted molar refractivity (Wildman–Crippen MR) is 81.2 cm³/mol. The Labute approximate surface area is 128 Å². The Kier molecular flexibility index (Phi) is 4.67. The summed E-state index contributed by atoms with van der Waals surface area (Å²) < 4.78 is 0. The number of carbonyl (C=O) groups excluding carboxylic acids is 3. The van der Waals surface area contributed by atoms with Crippen molar-refractivity contribution in [2.75, 3.05) is 12.8 Å². The van der Waals surface area contributed by atoms with E-state index in [1.165, 1.54) is 4.90 Å². The second-order valence-corrected chi connectivity index (χ2v) is 5.83. The van der Waals surface area contributed by atoms with Crippen molar-refractivity contribution in [2.45, 2.75) is 31.2 Å². The van der Waals surface area contributed by atoms with Gasteiger partial charge in [-0.2, -0.15) is 0 Å². The largest absolute Gasteiger partial charge is 0.317 e. The van der Waals surface area contributed by atoms with Gasteiger partial charge in [0.15, 0.2) is 0 Å². The molecule has 1 aliphatic heterocycles. The van der Waals surface area contributed by atoms with Crippen molar-refractivity contribution in [1.29, 1.82) is 0 Å². The van der Waals surface area contributed by atoms with Crippen molar-refractivity contribution < 1.29 is 14.4 Å². The van der Waals surface area contributed by atoms with Crippen LogP contribution >= 0.6 is 11.8 Å². The molecule has 0 saturated carbocycles. The number of rotatable bonds is 3. The molecule has 1 saturated heterocycles. The minimum absolute atomic E-state index is 0.0774. The lowest BCUT2D eigenvalue weighted by Crippen LogP contribution is -2.59. The van der Waals surface area contributed by atoms with Gasteiger partial charge in [-0.1, -0.05) is 13.0 Å². The van der Waals surface area contributed by atoms with Crippen molar-refractivity contribution in [3.63, 3.8) is 0 Å². The molecule has 1 aliphatic rings. The van der Waals surface area contributed by atoms with Gasteiger partial charge in [0.25, 0.3) is 5.91 Å². The van der Waals surface area contributed by atoms with E-state index < -0.39 is 17.9 Å². The molecule has 6 heteroatoms. The van der Waals surface area contributed by atoms with Crippen LogP contribution in [0.1, 0.15) is 29.3 Å². The average molecular weight is 306 g/mol. The molecule has 0 bridgehead atoms. The summed E-state index contributed by atoms with van der Waals surface area (Å²) in [5.41, 5.74) is 1.38. The van der Waals surface area contributed by atoms with Gasteiger partial charge in [0.2, 0.25) is 11.8 Å². The third-order valence-electron chi connectivity index (χ3n) is 3.58. The predicted octanol–water partition coefficient (Wildman–Crippen LogP) is 1.59. The van der Waals surface area contributed by atoms with Crippen LogP contribution in [0.4, 0.5) is 0 Å². The van der Waals surface area contributed by atoms with Gasteiger partial charge in [0, 0.05) is 10.5 Å². The van der Waals surface area contributed by atoms with Crippen LogP contribution in [-0.2, 0) is 9.59 Å². The van der Waals surface area contributed by atoms with E-state index in [2.05, 4.69) is 5.32 Å². The van der Waals surface area contributed by atoms with Crippen molar-refractivity contribution in [3.05, 3.63) is 29.3 Å². The quantitative estimate of drug-likeness (QED) is 0.680. The van der Waals surface area contributed by atoms with Crippen LogP contribution in [0.15, 0.2) is 23.1 Å². The molecule has 1 fully saturated rings. The summed E-state index contributed by atoms with van der Waals surface area (Å²) in [6.45, 7) is 3.60. The maximum absolute atomic E-state index is 12.7. The lowest BCUT2D eigenvalue weighted by Gasteiger charge is -2.33. The van der Waals surface area contributed by atoms with E-state index in [4.69, 9.17) is 0 Å². The van der Waals surface area contributed by atoms with Gasteiger partial charge < -0.3 is 4.90 Å². The summed E-state index contributed by atoms with van der Waals surface area (Å²) >= 11 is 1.55. The summed E-state index contributed by atoms with van der Waals surface area (Å²) in [6.07, 6.45) is 2.41. The van der Waals surface area contributed by atoms with Crippen molar-refractivity contribution >= 4 is 29.5 Å². The summed E-state index contributed by atoms with van der Waals surface area (Å²) in [7, 11) is 0. The van der Waals surface area contributed by atoms with Crippen LogP contribution in [0.25, 0.3) is 0 Å².